The number of ether oxygens (including phenoxy) is 2. The van der Waals surface area contributed by atoms with E-state index in [0.29, 0.717) is 51.2 Å². The summed E-state index contributed by atoms with van der Waals surface area (Å²) in [5.41, 5.74) is 3.99. The molecule has 0 saturated heterocycles. The van der Waals surface area contributed by atoms with E-state index in [-0.39, 0.29) is 17.3 Å². The molecular weight excluding hydrogens is 472 g/mol. The number of carbonyl (C=O) groups excluding carboxylic acids is 1. The van der Waals surface area contributed by atoms with E-state index in [1.54, 1.807) is 32.4 Å². The molecular formula is C26H21ClN2O4S. The Hall–Kier alpha value is -3.42. The third kappa shape index (κ3) is 4.13. The first-order valence-corrected chi connectivity index (χ1v) is 12.0. The first-order valence-electron chi connectivity index (χ1n) is 10.7. The molecule has 0 spiro atoms. The largest absolute Gasteiger partial charge is 0.493 e. The van der Waals surface area contributed by atoms with E-state index < -0.39 is 0 Å². The lowest BCUT2D eigenvalue weighted by Crippen LogP contribution is -2.24. The number of rotatable bonds is 5. The minimum absolute atomic E-state index is 0.00647. The van der Waals surface area contributed by atoms with E-state index in [9.17, 15) is 9.59 Å². The quantitative estimate of drug-likeness (QED) is 0.383. The monoisotopic (exact) mass is 492 g/mol. The second-order valence-corrected chi connectivity index (χ2v) is 9.39. The van der Waals surface area contributed by atoms with E-state index in [0.717, 1.165) is 16.8 Å². The Morgan fingerprint density at radius 1 is 0.971 bits per heavy atom. The zero-order valence-corrected chi connectivity index (χ0v) is 20.1. The second kappa shape index (κ2) is 9.08. The van der Waals surface area contributed by atoms with Crippen molar-refractivity contribution < 1.29 is 14.3 Å². The highest BCUT2D eigenvalue weighted by atomic mass is 35.5. The van der Waals surface area contributed by atoms with Crippen molar-refractivity contribution in [3.05, 3.63) is 86.1 Å². The van der Waals surface area contributed by atoms with Crippen LogP contribution in [0.25, 0.3) is 21.8 Å². The van der Waals surface area contributed by atoms with Crippen molar-refractivity contribution >= 4 is 28.7 Å². The predicted molar refractivity (Wildman–Crippen MR) is 134 cm³/mol. The van der Waals surface area contributed by atoms with Crippen LogP contribution in [-0.2, 0) is 6.42 Å². The minimum atomic E-state index is -0.253. The summed E-state index contributed by atoms with van der Waals surface area (Å²) >= 11 is 7.34. The Bertz CT molecular complexity index is 1440. The molecule has 34 heavy (non-hydrogen) atoms. The van der Waals surface area contributed by atoms with Crippen molar-refractivity contribution in [2.45, 2.75) is 18.8 Å². The highest BCUT2D eigenvalue weighted by molar-refractivity contribution is 7.13. The molecule has 0 unspecified atom stereocenters. The van der Waals surface area contributed by atoms with Crippen LogP contribution >= 0.6 is 22.9 Å². The summed E-state index contributed by atoms with van der Waals surface area (Å²) in [5.74, 6) is 1.18. The zero-order chi connectivity index (χ0) is 23.8. The number of fused-ring (bicyclic) bond motifs is 1. The summed E-state index contributed by atoms with van der Waals surface area (Å²) in [6.45, 7) is 0. The van der Waals surface area contributed by atoms with Gasteiger partial charge in [0.25, 0.3) is 5.56 Å². The molecule has 2 aromatic heterocycles. The summed E-state index contributed by atoms with van der Waals surface area (Å²) in [5, 5.41) is 3.12. The number of hydrogen-bond acceptors (Lipinski definition) is 6. The fourth-order valence-electron chi connectivity index (χ4n) is 4.28. The van der Waals surface area contributed by atoms with E-state index >= 15 is 0 Å². The number of H-pyrrole nitrogens is 1. The number of carbonyl (C=O) groups is 1. The van der Waals surface area contributed by atoms with Gasteiger partial charge in [-0.15, -0.1) is 11.3 Å². The molecule has 1 aliphatic rings. The highest BCUT2D eigenvalue weighted by Crippen LogP contribution is 2.37. The number of halogens is 1. The number of hydrogen-bond donors (Lipinski definition) is 1. The molecule has 172 valence electrons. The van der Waals surface area contributed by atoms with Crippen molar-refractivity contribution in [2.75, 3.05) is 14.2 Å². The molecule has 8 heteroatoms. The van der Waals surface area contributed by atoms with Crippen LogP contribution < -0.4 is 15.0 Å². The number of nitrogens with zero attached hydrogens (tertiary/aromatic N) is 1. The van der Waals surface area contributed by atoms with Crippen LogP contribution in [0, 0.1) is 0 Å². The average Bonchev–Trinajstić information content (AvgIpc) is 3.33. The summed E-state index contributed by atoms with van der Waals surface area (Å²) in [6.07, 6.45) is 0.905. The molecule has 1 atom stereocenters. The summed E-state index contributed by atoms with van der Waals surface area (Å²) < 4.78 is 10.7. The number of aromatic nitrogens is 2. The second-order valence-electron chi connectivity index (χ2n) is 8.09. The fraction of sp³-hybridized carbons (Fsp3) is 0.192. The third-order valence-electron chi connectivity index (χ3n) is 6.06. The van der Waals surface area contributed by atoms with Gasteiger partial charge >= 0.3 is 0 Å². The van der Waals surface area contributed by atoms with Crippen molar-refractivity contribution in [3.63, 3.8) is 0 Å². The molecule has 1 aliphatic carbocycles. The van der Waals surface area contributed by atoms with Gasteiger partial charge in [0.05, 0.1) is 25.5 Å². The van der Waals surface area contributed by atoms with Crippen LogP contribution in [-0.4, -0.2) is 30.0 Å². The number of pyridine rings is 1. The molecule has 2 heterocycles. The lowest BCUT2D eigenvalue weighted by atomic mass is 9.81. The lowest BCUT2D eigenvalue weighted by molar-refractivity contribution is 0.0963. The number of methoxy groups -OCH3 is 2. The standard InChI is InChI=1S/C26H21ClN2O4S/c1-32-23-8-5-15(11-24(23)33-2)16-9-20-18(22(30)10-16)12-19(25(31)28-20)26-29-21(13-34-26)14-3-6-17(27)7-4-14/h3-8,11-13,16H,9-10H2,1-2H3,(H,28,31)/t16-/m0/s1. The van der Waals surface area contributed by atoms with Crippen molar-refractivity contribution in [3.8, 4) is 33.3 Å². The molecule has 2 aromatic carbocycles. The van der Waals surface area contributed by atoms with Gasteiger partial charge < -0.3 is 14.5 Å². The Balaban J connectivity index is 1.46. The molecule has 5 rings (SSSR count). The maximum Gasteiger partial charge on any atom is 0.258 e. The third-order valence-corrected chi connectivity index (χ3v) is 7.19. The van der Waals surface area contributed by atoms with E-state index in [4.69, 9.17) is 21.1 Å². The van der Waals surface area contributed by atoms with Crippen molar-refractivity contribution in [1.82, 2.24) is 9.97 Å². The topological polar surface area (TPSA) is 81.3 Å². The Morgan fingerprint density at radius 2 is 1.74 bits per heavy atom. The maximum atomic E-state index is 13.1. The number of aromatic amines is 1. The van der Waals surface area contributed by atoms with Gasteiger partial charge in [-0.1, -0.05) is 29.8 Å². The number of nitrogens with one attached hydrogen (secondary N) is 1. The highest BCUT2D eigenvalue weighted by Gasteiger charge is 2.29. The maximum absolute atomic E-state index is 13.1. The number of thiazole rings is 1. The van der Waals surface area contributed by atoms with Gasteiger partial charge in [-0.05, 0) is 48.2 Å². The molecule has 0 aliphatic heterocycles. The van der Waals surface area contributed by atoms with Gasteiger partial charge in [-0.3, -0.25) is 9.59 Å². The van der Waals surface area contributed by atoms with Gasteiger partial charge in [0.1, 0.15) is 5.01 Å². The molecule has 0 saturated carbocycles. The number of Topliss-reactive ketones (excluding diaryl/α,β-unsaturated/α-hetero) is 1. The van der Waals surface area contributed by atoms with E-state index in [1.165, 1.54) is 11.3 Å². The first kappa shape index (κ1) is 22.4. The van der Waals surface area contributed by atoms with Gasteiger partial charge in [0.2, 0.25) is 0 Å². The molecule has 1 N–H and O–H groups in total. The summed E-state index contributed by atoms with van der Waals surface area (Å²) in [4.78, 5) is 33.6. The lowest BCUT2D eigenvalue weighted by Gasteiger charge is -2.24. The number of ketones is 1. The fourth-order valence-corrected chi connectivity index (χ4v) is 5.25. The Kier molecular flexibility index (Phi) is 5.98. The summed E-state index contributed by atoms with van der Waals surface area (Å²) in [6, 6.07) is 14.7. The number of benzene rings is 2. The van der Waals surface area contributed by atoms with Crippen LogP contribution in [0.4, 0.5) is 0 Å². The smallest absolute Gasteiger partial charge is 0.258 e. The first-order chi connectivity index (χ1) is 16.5. The zero-order valence-electron chi connectivity index (χ0n) is 18.6. The predicted octanol–water partition coefficient (Wildman–Crippen LogP) is 5.75. The normalized spacial score (nSPS) is 15.1. The minimum Gasteiger partial charge on any atom is -0.493 e. The Labute approximate surface area is 205 Å². The van der Waals surface area contributed by atoms with Crippen LogP contribution in [0.3, 0.4) is 0 Å². The van der Waals surface area contributed by atoms with Gasteiger partial charge in [-0.25, -0.2) is 4.98 Å². The van der Waals surface area contributed by atoms with Crippen molar-refractivity contribution in [1.29, 1.82) is 0 Å². The molecule has 0 radical (unpaired) electrons. The van der Waals surface area contributed by atoms with Crippen LogP contribution in [0.1, 0.15) is 34.0 Å². The average molecular weight is 493 g/mol. The van der Waals surface area contributed by atoms with Gasteiger partial charge in [-0.2, -0.15) is 0 Å². The van der Waals surface area contributed by atoms with Crippen LogP contribution in [0.15, 0.2) is 58.7 Å². The van der Waals surface area contributed by atoms with Crippen molar-refractivity contribution in [2.24, 2.45) is 0 Å². The molecule has 0 amide bonds. The van der Waals surface area contributed by atoms with Gasteiger partial charge in [0, 0.05) is 33.6 Å². The molecule has 0 fully saturated rings. The molecule has 0 bridgehead atoms. The van der Waals surface area contributed by atoms with Crippen LogP contribution in [0.5, 0.6) is 11.5 Å². The van der Waals surface area contributed by atoms with Crippen LogP contribution in [0.2, 0.25) is 5.02 Å². The van der Waals surface area contributed by atoms with E-state index in [2.05, 4.69) is 9.97 Å². The molecule has 6 nitrogen and oxygen atoms in total. The van der Waals surface area contributed by atoms with Gasteiger partial charge in [0.15, 0.2) is 17.3 Å². The molecule has 4 aromatic rings. The summed E-state index contributed by atoms with van der Waals surface area (Å²) in [7, 11) is 3.17. The van der Waals surface area contributed by atoms with E-state index in [1.807, 2.05) is 35.7 Å². The SMILES string of the molecule is COc1ccc([C@@H]2CC(=O)c3cc(-c4nc(-c5ccc(Cl)cc5)cs4)c(=O)[nH]c3C2)cc1OC. The Morgan fingerprint density at radius 3 is 2.47 bits per heavy atom.